The van der Waals surface area contributed by atoms with Gasteiger partial charge in [0.2, 0.25) is 5.88 Å². The van der Waals surface area contributed by atoms with Gasteiger partial charge in [0.05, 0.1) is 14.2 Å². The average molecular weight is 643 g/mol. The van der Waals surface area contributed by atoms with Crippen LogP contribution in [0.2, 0.25) is 0 Å². The van der Waals surface area contributed by atoms with Gasteiger partial charge in [-0.2, -0.15) is 0 Å². The van der Waals surface area contributed by atoms with E-state index in [1.807, 2.05) is 13.8 Å². The lowest BCUT2D eigenvalue weighted by Gasteiger charge is -2.35. The van der Waals surface area contributed by atoms with E-state index in [0.717, 1.165) is 11.7 Å². The molecule has 0 bridgehead atoms. The van der Waals surface area contributed by atoms with E-state index in [2.05, 4.69) is 36.6 Å². The smallest absolute Gasteiger partial charge is 0.340 e. The van der Waals surface area contributed by atoms with Crippen LogP contribution >= 0.6 is 0 Å². The molecule has 12 nitrogen and oxygen atoms in total. The highest BCUT2D eigenvalue weighted by Gasteiger charge is 2.29. The molecule has 1 aliphatic heterocycles. The number of hydrazone groups is 1. The first-order valence-corrected chi connectivity index (χ1v) is 14.9. The molecule has 4 N–H and O–H groups in total. The summed E-state index contributed by atoms with van der Waals surface area (Å²) < 4.78 is 16.7. The lowest BCUT2D eigenvalue weighted by Crippen LogP contribution is -2.50. The van der Waals surface area contributed by atoms with Gasteiger partial charge < -0.3 is 34.6 Å². The number of rotatable bonds is 10. The number of benzene rings is 4. The van der Waals surface area contributed by atoms with Crippen molar-refractivity contribution in [3.8, 4) is 23.0 Å². The first-order chi connectivity index (χ1) is 22.2. The Balaban J connectivity index is 1.54. The second-order valence-corrected chi connectivity index (χ2v) is 13.0. The number of nitrogens with zero attached hydrogens (tertiary/aromatic N) is 2. The Hall–Kier alpha value is -5.65. The maximum Gasteiger partial charge on any atom is 0.340 e. The summed E-state index contributed by atoms with van der Waals surface area (Å²) in [5.74, 6) is -0.736. The molecule has 0 radical (unpaired) electrons. The van der Waals surface area contributed by atoms with Crippen molar-refractivity contribution in [2.45, 2.75) is 46.6 Å². The monoisotopic (exact) mass is 642 g/mol. The second kappa shape index (κ2) is 12.6. The normalized spacial score (nSPS) is 13.4. The van der Waals surface area contributed by atoms with Gasteiger partial charge in [-0.3, -0.25) is 0 Å². The molecule has 0 fully saturated rings. The van der Waals surface area contributed by atoms with E-state index in [1.54, 1.807) is 60.7 Å². The fourth-order valence-corrected chi connectivity index (χ4v) is 5.92. The van der Waals surface area contributed by atoms with E-state index < -0.39 is 17.5 Å². The number of methoxy groups -OCH3 is 2. The Kier molecular flexibility index (Phi) is 8.79. The highest BCUT2D eigenvalue weighted by molar-refractivity contribution is 6.07. The standard InChI is InChI=1S/C35H38N4O8/c1-34(2,3)19-35(4,5)36-28-18-29(46-26-14-8-20-16-22(44-6)10-12-24(20)30(26)32(40)41)38-39(37-28)47-27-15-9-21-17-23(45-7)11-13-25(21)31(27)33(42)43/h8-18,38H,19H2,1-7H3,(H,36,37)(H,40,41)(H,42,43). The van der Waals surface area contributed by atoms with Gasteiger partial charge in [0.1, 0.15) is 28.4 Å². The van der Waals surface area contributed by atoms with Crippen molar-refractivity contribution in [3.05, 3.63) is 83.7 Å². The molecule has 246 valence electrons. The minimum absolute atomic E-state index is 0.00634. The van der Waals surface area contributed by atoms with Crippen molar-refractivity contribution in [1.29, 1.82) is 0 Å². The molecule has 0 aliphatic carbocycles. The number of aromatic carboxylic acids is 2. The number of fused-ring (bicyclic) bond motifs is 2. The van der Waals surface area contributed by atoms with Gasteiger partial charge in [-0.1, -0.05) is 32.9 Å². The van der Waals surface area contributed by atoms with E-state index in [1.165, 1.54) is 20.3 Å². The van der Waals surface area contributed by atoms with E-state index in [-0.39, 0.29) is 33.9 Å². The Morgan fingerprint density at radius 3 is 1.85 bits per heavy atom. The summed E-state index contributed by atoms with van der Waals surface area (Å²) in [5, 5.41) is 31.5. The molecular weight excluding hydrogens is 604 g/mol. The van der Waals surface area contributed by atoms with E-state index in [9.17, 15) is 19.8 Å². The minimum Gasteiger partial charge on any atom is -0.497 e. The number of amidine groups is 1. The highest BCUT2D eigenvalue weighted by atomic mass is 16.7. The van der Waals surface area contributed by atoms with Crippen molar-refractivity contribution in [3.63, 3.8) is 0 Å². The van der Waals surface area contributed by atoms with Crippen molar-refractivity contribution in [1.82, 2.24) is 16.0 Å². The second-order valence-electron chi connectivity index (χ2n) is 13.0. The zero-order chi connectivity index (χ0) is 34.1. The fourth-order valence-electron chi connectivity index (χ4n) is 5.92. The van der Waals surface area contributed by atoms with Crippen LogP contribution in [-0.2, 0) is 0 Å². The largest absolute Gasteiger partial charge is 0.497 e. The minimum atomic E-state index is -1.20. The van der Waals surface area contributed by atoms with Crippen LogP contribution in [0.4, 0.5) is 0 Å². The first-order valence-electron chi connectivity index (χ1n) is 14.9. The van der Waals surface area contributed by atoms with Crippen LogP contribution in [0.15, 0.2) is 77.7 Å². The molecule has 1 heterocycles. The summed E-state index contributed by atoms with van der Waals surface area (Å²) in [6, 6.07) is 16.7. The zero-order valence-electron chi connectivity index (χ0n) is 27.3. The molecule has 4 aromatic carbocycles. The molecule has 5 rings (SSSR count). The summed E-state index contributed by atoms with van der Waals surface area (Å²) in [5.41, 5.74) is 2.28. The summed E-state index contributed by atoms with van der Waals surface area (Å²) in [6.45, 7) is 10.5. The van der Waals surface area contributed by atoms with Crippen molar-refractivity contribution in [2.24, 2.45) is 10.5 Å². The molecule has 0 spiro atoms. The Morgan fingerprint density at radius 2 is 1.34 bits per heavy atom. The Labute approximate surface area is 272 Å². The van der Waals surface area contributed by atoms with Crippen molar-refractivity contribution in [2.75, 3.05) is 14.2 Å². The van der Waals surface area contributed by atoms with Gasteiger partial charge in [0.25, 0.3) is 0 Å². The molecule has 0 amide bonds. The molecule has 0 saturated heterocycles. The van der Waals surface area contributed by atoms with Crippen LogP contribution < -0.4 is 29.8 Å². The van der Waals surface area contributed by atoms with Gasteiger partial charge >= 0.3 is 11.9 Å². The van der Waals surface area contributed by atoms with Gasteiger partial charge in [-0.25, -0.2) is 15.0 Å². The number of carbonyl (C=O) groups is 2. The Bertz CT molecular complexity index is 1930. The quantitative estimate of drug-likeness (QED) is 0.149. The number of hydrogen-bond donors (Lipinski definition) is 4. The summed E-state index contributed by atoms with van der Waals surface area (Å²) in [7, 11) is 3.07. The van der Waals surface area contributed by atoms with Gasteiger partial charge in [-0.05, 0) is 90.3 Å². The topological polar surface area (TPSA) is 151 Å². The van der Waals surface area contributed by atoms with Crippen LogP contribution in [0, 0.1) is 5.41 Å². The molecule has 0 aromatic heterocycles. The van der Waals surface area contributed by atoms with Crippen LogP contribution in [0.3, 0.4) is 0 Å². The summed E-state index contributed by atoms with van der Waals surface area (Å²) in [4.78, 5) is 31.0. The predicted octanol–water partition coefficient (Wildman–Crippen LogP) is 6.56. The number of hydrazine groups is 1. The summed E-state index contributed by atoms with van der Waals surface area (Å²) in [6.07, 6.45) is 2.35. The number of carboxylic acids is 2. The van der Waals surface area contributed by atoms with Gasteiger partial charge in [0.15, 0.2) is 11.6 Å². The predicted molar refractivity (Wildman–Crippen MR) is 178 cm³/mol. The third-order valence-corrected chi connectivity index (χ3v) is 7.32. The zero-order valence-corrected chi connectivity index (χ0v) is 27.3. The molecule has 4 aromatic rings. The van der Waals surface area contributed by atoms with Crippen LogP contribution in [-0.4, -0.2) is 53.0 Å². The van der Waals surface area contributed by atoms with Gasteiger partial charge in [-0.15, -0.1) is 5.10 Å². The highest BCUT2D eigenvalue weighted by Crippen LogP contribution is 2.34. The van der Waals surface area contributed by atoms with Crippen LogP contribution in [0.5, 0.6) is 23.0 Å². The number of nitrogens with one attached hydrogen (secondary N) is 2. The third kappa shape index (κ3) is 7.43. The molecule has 0 saturated carbocycles. The molecule has 47 heavy (non-hydrogen) atoms. The average Bonchev–Trinajstić information content (AvgIpc) is 2.98. The van der Waals surface area contributed by atoms with Crippen LogP contribution in [0.1, 0.15) is 61.8 Å². The third-order valence-electron chi connectivity index (χ3n) is 7.32. The number of carboxylic acid groups (broad SMARTS) is 2. The van der Waals surface area contributed by atoms with Crippen molar-refractivity contribution >= 4 is 39.3 Å². The Morgan fingerprint density at radius 1 is 0.809 bits per heavy atom. The van der Waals surface area contributed by atoms with Crippen molar-refractivity contribution < 1.29 is 38.9 Å². The number of ether oxygens (including phenoxy) is 3. The van der Waals surface area contributed by atoms with E-state index in [0.29, 0.717) is 38.9 Å². The molecule has 0 unspecified atom stereocenters. The first kappa shape index (κ1) is 32.7. The maximum atomic E-state index is 12.5. The fraction of sp³-hybridized carbons (Fsp3) is 0.286. The molecule has 12 heteroatoms. The lowest BCUT2D eigenvalue weighted by atomic mass is 9.82. The number of hydrogen-bond acceptors (Lipinski definition) is 10. The van der Waals surface area contributed by atoms with E-state index in [4.69, 9.17) is 19.0 Å². The SMILES string of the molecule is COc1ccc2c(C(=O)O)c(OC3=CC(NC(C)(C)CC(C)(C)C)=NN(Oc4ccc5cc(OC)ccc5c4C(=O)O)N3)ccc2c1. The summed E-state index contributed by atoms with van der Waals surface area (Å²) >= 11 is 0. The van der Waals surface area contributed by atoms with E-state index >= 15 is 0 Å². The molecule has 1 aliphatic rings. The molecular formula is C35H38N4O8. The molecule has 0 atom stereocenters. The maximum absolute atomic E-state index is 12.5. The lowest BCUT2D eigenvalue weighted by molar-refractivity contribution is -0.106. The van der Waals surface area contributed by atoms with Crippen LogP contribution in [0.25, 0.3) is 21.5 Å². The van der Waals surface area contributed by atoms with Gasteiger partial charge in [0, 0.05) is 22.4 Å².